The Morgan fingerprint density at radius 3 is 2.71 bits per heavy atom. The van der Waals surface area contributed by atoms with Gasteiger partial charge in [0.25, 0.3) is 0 Å². The molecule has 3 atom stereocenters. The molecular weight excluding hydrogens is 210 g/mol. The topological polar surface area (TPSA) is 18.5 Å². The van der Waals surface area contributed by atoms with E-state index in [1.807, 2.05) is 0 Å². The van der Waals surface area contributed by atoms with Gasteiger partial charge in [0.2, 0.25) is 0 Å². The monoisotopic (exact) mass is 237 g/mol. The Balaban J connectivity index is 1.75. The van der Waals surface area contributed by atoms with Gasteiger partial charge in [-0.05, 0) is 58.7 Å². The Morgan fingerprint density at radius 1 is 1.18 bits per heavy atom. The highest BCUT2D eigenvalue weighted by Crippen LogP contribution is 2.42. The van der Waals surface area contributed by atoms with Gasteiger partial charge in [0.05, 0.1) is 0 Å². The number of hydrogen-bond donors (Lipinski definition) is 1. The molecule has 3 nitrogen and oxygen atoms in total. The van der Waals surface area contributed by atoms with Crippen LogP contribution in [0.5, 0.6) is 0 Å². The zero-order valence-electron chi connectivity index (χ0n) is 11.6. The van der Waals surface area contributed by atoms with Gasteiger partial charge in [-0.25, -0.2) is 0 Å². The molecule has 3 unspecified atom stereocenters. The van der Waals surface area contributed by atoms with Crippen molar-refractivity contribution in [2.75, 3.05) is 39.8 Å². The van der Waals surface area contributed by atoms with Gasteiger partial charge >= 0.3 is 0 Å². The molecule has 1 N–H and O–H groups in total. The molecule has 0 aromatic rings. The van der Waals surface area contributed by atoms with Crippen LogP contribution in [-0.2, 0) is 0 Å². The van der Waals surface area contributed by atoms with E-state index in [-0.39, 0.29) is 0 Å². The number of hydrogen-bond acceptors (Lipinski definition) is 3. The molecular formula is C14H27N3. The first-order valence-electron chi connectivity index (χ1n) is 7.25. The van der Waals surface area contributed by atoms with Gasteiger partial charge < -0.3 is 10.2 Å². The summed E-state index contributed by atoms with van der Waals surface area (Å²) in [6, 6.07) is 0.800. The van der Waals surface area contributed by atoms with Crippen molar-refractivity contribution in [2.24, 2.45) is 11.8 Å². The van der Waals surface area contributed by atoms with Gasteiger partial charge in [-0.3, -0.25) is 4.90 Å². The lowest BCUT2D eigenvalue weighted by atomic mass is 9.84. The van der Waals surface area contributed by atoms with Gasteiger partial charge in [0.1, 0.15) is 0 Å². The van der Waals surface area contributed by atoms with Crippen LogP contribution < -0.4 is 5.32 Å². The number of fused-ring (bicyclic) bond motifs is 1. The summed E-state index contributed by atoms with van der Waals surface area (Å²) < 4.78 is 0. The molecule has 3 saturated heterocycles. The van der Waals surface area contributed by atoms with Crippen molar-refractivity contribution in [2.45, 2.75) is 38.3 Å². The molecule has 3 aliphatic rings. The van der Waals surface area contributed by atoms with Crippen molar-refractivity contribution in [3.63, 3.8) is 0 Å². The molecule has 3 rings (SSSR count). The van der Waals surface area contributed by atoms with Crippen molar-refractivity contribution in [3.05, 3.63) is 0 Å². The number of nitrogens with zero attached hydrogens (tertiary/aromatic N) is 2. The van der Waals surface area contributed by atoms with Gasteiger partial charge in [0.15, 0.2) is 0 Å². The number of likely N-dealkylation sites (N-methyl/N-ethyl adjacent to an activating group) is 1. The van der Waals surface area contributed by atoms with E-state index in [4.69, 9.17) is 0 Å². The third kappa shape index (κ3) is 1.92. The van der Waals surface area contributed by atoms with Crippen LogP contribution in [0, 0.1) is 11.8 Å². The highest BCUT2D eigenvalue weighted by molar-refractivity contribution is 5.06. The molecule has 98 valence electrons. The minimum atomic E-state index is 0.400. The molecule has 0 bridgehead atoms. The summed E-state index contributed by atoms with van der Waals surface area (Å²) in [5, 5.41) is 3.58. The largest absolute Gasteiger partial charge is 0.316 e. The molecule has 0 amide bonds. The highest BCUT2D eigenvalue weighted by atomic mass is 15.3. The van der Waals surface area contributed by atoms with E-state index in [0.717, 1.165) is 17.9 Å². The number of piperidine rings is 1. The van der Waals surface area contributed by atoms with Crippen LogP contribution in [0.1, 0.15) is 26.7 Å². The number of rotatable bonds is 1. The summed E-state index contributed by atoms with van der Waals surface area (Å²) in [5.74, 6) is 1.77. The molecule has 0 aromatic carbocycles. The van der Waals surface area contributed by atoms with E-state index in [2.05, 4.69) is 36.0 Å². The predicted molar refractivity (Wildman–Crippen MR) is 71.2 cm³/mol. The molecule has 3 aliphatic heterocycles. The van der Waals surface area contributed by atoms with Crippen molar-refractivity contribution < 1.29 is 0 Å². The molecule has 3 heterocycles. The SMILES string of the molecule is CN1CCCC(N2CC3CNCC3C2(C)C)C1. The van der Waals surface area contributed by atoms with Gasteiger partial charge in [0, 0.05) is 31.2 Å². The Bertz CT molecular complexity index is 289. The second-order valence-corrected chi connectivity index (χ2v) is 6.89. The number of likely N-dealkylation sites (tertiary alicyclic amines) is 2. The average Bonchev–Trinajstić information content (AvgIpc) is 2.81. The summed E-state index contributed by atoms with van der Waals surface area (Å²) in [7, 11) is 2.28. The summed E-state index contributed by atoms with van der Waals surface area (Å²) >= 11 is 0. The van der Waals surface area contributed by atoms with Crippen LogP contribution in [-0.4, -0.2) is 61.2 Å². The zero-order valence-corrected chi connectivity index (χ0v) is 11.6. The first-order valence-corrected chi connectivity index (χ1v) is 7.25. The first kappa shape index (κ1) is 11.9. The maximum atomic E-state index is 3.58. The second-order valence-electron chi connectivity index (χ2n) is 6.89. The zero-order chi connectivity index (χ0) is 12.0. The van der Waals surface area contributed by atoms with Crippen LogP contribution in [0.2, 0.25) is 0 Å². The van der Waals surface area contributed by atoms with Crippen LogP contribution in [0.3, 0.4) is 0 Å². The Hall–Kier alpha value is -0.120. The molecule has 0 spiro atoms. The van der Waals surface area contributed by atoms with E-state index < -0.39 is 0 Å². The van der Waals surface area contributed by atoms with Gasteiger partial charge in [-0.2, -0.15) is 0 Å². The van der Waals surface area contributed by atoms with E-state index in [1.54, 1.807) is 0 Å². The fourth-order valence-electron chi connectivity index (χ4n) is 4.47. The summed E-state index contributed by atoms with van der Waals surface area (Å²) in [4.78, 5) is 5.34. The molecule has 0 aliphatic carbocycles. The molecule has 0 radical (unpaired) electrons. The fourth-order valence-corrected chi connectivity index (χ4v) is 4.47. The normalized spacial score (nSPS) is 42.9. The highest BCUT2D eigenvalue weighted by Gasteiger charge is 2.51. The lowest BCUT2D eigenvalue weighted by Crippen LogP contribution is -2.54. The minimum Gasteiger partial charge on any atom is -0.316 e. The standard InChI is InChI=1S/C14H27N3/c1-14(2)13-8-15-7-11(13)9-17(14)12-5-4-6-16(3)10-12/h11-13,15H,4-10H2,1-3H3. The van der Waals surface area contributed by atoms with Crippen molar-refractivity contribution in [1.29, 1.82) is 0 Å². The quantitative estimate of drug-likeness (QED) is 0.734. The summed E-state index contributed by atoms with van der Waals surface area (Å²) in [6.45, 7) is 11.3. The van der Waals surface area contributed by atoms with Crippen molar-refractivity contribution in [1.82, 2.24) is 15.1 Å². The average molecular weight is 237 g/mol. The molecule has 17 heavy (non-hydrogen) atoms. The smallest absolute Gasteiger partial charge is 0.0229 e. The summed E-state index contributed by atoms with van der Waals surface area (Å²) in [6.07, 6.45) is 2.78. The molecule has 3 heteroatoms. The maximum Gasteiger partial charge on any atom is 0.0229 e. The lowest BCUT2D eigenvalue weighted by Gasteiger charge is -2.44. The van der Waals surface area contributed by atoms with E-state index in [9.17, 15) is 0 Å². The lowest BCUT2D eigenvalue weighted by molar-refractivity contribution is 0.0468. The van der Waals surface area contributed by atoms with E-state index >= 15 is 0 Å². The first-order chi connectivity index (χ1) is 8.09. The summed E-state index contributed by atoms with van der Waals surface area (Å²) in [5.41, 5.74) is 0.400. The van der Waals surface area contributed by atoms with E-state index in [0.29, 0.717) is 5.54 Å². The number of nitrogens with one attached hydrogen (secondary N) is 1. The minimum absolute atomic E-state index is 0.400. The van der Waals surface area contributed by atoms with Gasteiger partial charge in [-0.15, -0.1) is 0 Å². The van der Waals surface area contributed by atoms with Crippen molar-refractivity contribution >= 4 is 0 Å². The van der Waals surface area contributed by atoms with Crippen LogP contribution in [0.15, 0.2) is 0 Å². The second kappa shape index (κ2) is 4.22. The molecule has 0 saturated carbocycles. The third-order valence-electron chi connectivity index (χ3n) is 5.46. The molecule has 0 aromatic heterocycles. The Morgan fingerprint density at radius 2 is 2.00 bits per heavy atom. The van der Waals surface area contributed by atoms with Crippen LogP contribution >= 0.6 is 0 Å². The fraction of sp³-hybridized carbons (Fsp3) is 1.00. The van der Waals surface area contributed by atoms with Crippen LogP contribution in [0.4, 0.5) is 0 Å². The third-order valence-corrected chi connectivity index (χ3v) is 5.46. The predicted octanol–water partition coefficient (Wildman–Crippen LogP) is 1.01. The van der Waals surface area contributed by atoms with Gasteiger partial charge in [-0.1, -0.05) is 0 Å². The van der Waals surface area contributed by atoms with Crippen molar-refractivity contribution in [3.8, 4) is 0 Å². The Kier molecular flexibility index (Phi) is 2.96. The maximum absolute atomic E-state index is 3.58. The molecule has 3 fully saturated rings. The Labute approximate surface area is 106 Å². The van der Waals surface area contributed by atoms with E-state index in [1.165, 1.54) is 45.6 Å². The van der Waals surface area contributed by atoms with Crippen LogP contribution in [0.25, 0.3) is 0 Å².